The van der Waals surface area contributed by atoms with E-state index in [2.05, 4.69) is 5.32 Å². The van der Waals surface area contributed by atoms with E-state index < -0.39 is 10.9 Å². The fraction of sp³-hybridized carbons (Fsp3) is 0.0909. The van der Waals surface area contributed by atoms with Gasteiger partial charge in [-0.15, -0.1) is 0 Å². The number of anilines is 1. The fourth-order valence-electron chi connectivity index (χ4n) is 2.59. The van der Waals surface area contributed by atoms with Crippen LogP contribution in [0, 0.1) is 17.0 Å². The predicted octanol–water partition coefficient (Wildman–Crippen LogP) is 4.51. The number of nitrogens with zero attached hydrogens (tertiary/aromatic N) is 1. The lowest BCUT2D eigenvalue weighted by atomic mass is 10.1. The highest BCUT2D eigenvalue weighted by atomic mass is 16.6. The number of non-ortho nitro benzene ring substituents is 1. The number of ether oxygens (including phenoxy) is 1. The van der Waals surface area contributed by atoms with Crippen LogP contribution in [0.2, 0.25) is 0 Å². The Labute approximate surface area is 167 Å². The van der Waals surface area contributed by atoms with Gasteiger partial charge in [-0.05, 0) is 48.9 Å². The van der Waals surface area contributed by atoms with Gasteiger partial charge in [-0.1, -0.05) is 29.8 Å². The van der Waals surface area contributed by atoms with Gasteiger partial charge in [-0.3, -0.25) is 14.9 Å². The molecule has 0 spiro atoms. The molecule has 0 radical (unpaired) electrons. The van der Waals surface area contributed by atoms with Crippen LogP contribution in [-0.2, 0) is 11.3 Å². The van der Waals surface area contributed by atoms with Gasteiger partial charge in [0.1, 0.15) is 6.61 Å². The Kier molecular flexibility index (Phi) is 5.99. The first-order chi connectivity index (χ1) is 13.9. The summed E-state index contributed by atoms with van der Waals surface area (Å²) < 4.78 is 5.20. The van der Waals surface area contributed by atoms with E-state index in [9.17, 15) is 19.7 Å². The first-order valence-corrected chi connectivity index (χ1v) is 8.81. The van der Waals surface area contributed by atoms with Crippen LogP contribution < -0.4 is 5.32 Å². The monoisotopic (exact) mass is 390 g/mol. The summed E-state index contributed by atoms with van der Waals surface area (Å²) in [5, 5.41) is 13.6. The second kappa shape index (κ2) is 8.79. The van der Waals surface area contributed by atoms with E-state index in [-0.39, 0.29) is 18.2 Å². The number of carbonyl (C=O) groups is 2. The molecule has 0 atom stereocenters. The van der Waals surface area contributed by atoms with Gasteiger partial charge in [-0.25, -0.2) is 4.79 Å². The van der Waals surface area contributed by atoms with Crippen LogP contribution in [0.1, 0.15) is 31.8 Å². The Hall–Kier alpha value is -4.00. The van der Waals surface area contributed by atoms with E-state index in [4.69, 9.17) is 4.74 Å². The maximum Gasteiger partial charge on any atom is 0.338 e. The molecule has 0 unspecified atom stereocenters. The Morgan fingerprint density at radius 2 is 1.62 bits per heavy atom. The third kappa shape index (κ3) is 5.26. The number of rotatable bonds is 6. The molecule has 146 valence electrons. The molecule has 0 aliphatic carbocycles. The molecule has 0 aliphatic rings. The number of nitrogens with one attached hydrogen (secondary N) is 1. The van der Waals surface area contributed by atoms with E-state index in [0.29, 0.717) is 22.4 Å². The minimum Gasteiger partial charge on any atom is -0.457 e. The number of benzene rings is 3. The van der Waals surface area contributed by atoms with E-state index in [1.54, 1.807) is 42.5 Å². The van der Waals surface area contributed by atoms with Crippen LogP contribution in [-0.4, -0.2) is 16.8 Å². The number of aryl methyl sites for hydroxylation is 1. The quantitative estimate of drug-likeness (QED) is 0.379. The highest BCUT2D eigenvalue weighted by molar-refractivity contribution is 6.04. The number of amides is 1. The molecule has 1 N–H and O–H groups in total. The molecule has 0 heterocycles. The van der Waals surface area contributed by atoms with Gasteiger partial charge in [0.2, 0.25) is 0 Å². The molecule has 29 heavy (non-hydrogen) atoms. The van der Waals surface area contributed by atoms with Gasteiger partial charge >= 0.3 is 5.97 Å². The molecule has 3 aromatic rings. The second-order valence-corrected chi connectivity index (χ2v) is 6.40. The highest BCUT2D eigenvalue weighted by Crippen LogP contribution is 2.16. The zero-order valence-electron chi connectivity index (χ0n) is 15.6. The van der Waals surface area contributed by atoms with Gasteiger partial charge in [0.25, 0.3) is 11.6 Å². The SMILES string of the molecule is Cc1ccc(C(=O)Nc2ccc(C(=O)OCc3cccc([N+](=O)[O-])c3)cc2)cc1. The molecule has 3 rings (SSSR count). The average molecular weight is 390 g/mol. The summed E-state index contributed by atoms with van der Waals surface area (Å²) in [5.41, 5.74) is 2.92. The van der Waals surface area contributed by atoms with Crippen molar-refractivity contribution in [1.29, 1.82) is 0 Å². The van der Waals surface area contributed by atoms with Crippen molar-refractivity contribution >= 4 is 23.3 Å². The van der Waals surface area contributed by atoms with Crippen molar-refractivity contribution in [2.24, 2.45) is 0 Å². The van der Waals surface area contributed by atoms with Crippen molar-refractivity contribution in [3.05, 3.63) is 105 Å². The largest absolute Gasteiger partial charge is 0.457 e. The summed E-state index contributed by atoms with van der Waals surface area (Å²) in [5.74, 6) is -0.807. The maximum absolute atomic E-state index is 12.2. The van der Waals surface area contributed by atoms with Crippen molar-refractivity contribution in [2.75, 3.05) is 5.32 Å². The molecular formula is C22H18N2O5. The van der Waals surface area contributed by atoms with Gasteiger partial charge in [0.05, 0.1) is 10.5 Å². The van der Waals surface area contributed by atoms with Crippen molar-refractivity contribution in [1.82, 2.24) is 0 Å². The van der Waals surface area contributed by atoms with Crippen molar-refractivity contribution in [2.45, 2.75) is 13.5 Å². The summed E-state index contributed by atoms with van der Waals surface area (Å²) in [7, 11) is 0. The maximum atomic E-state index is 12.2. The summed E-state index contributed by atoms with van der Waals surface area (Å²) in [4.78, 5) is 34.7. The number of nitro groups is 1. The molecule has 0 aromatic heterocycles. The number of hydrogen-bond donors (Lipinski definition) is 1. The van der Waals surface area contributed by atoms with E-state index in [0.717, 1.165) is 5.56 Å². The summed E-state index contributed by atoms with van der Waals surface area (Å²) in [6.07, 6.45) is 0. The minimum atomic E-state index is -0.562. The van der Waals surface area contributed by atoms with Crippen molar-refractivity contribution in [3.8, 4) is 0 Å². The first kappa shape index (κ1) is 19.8. The van der Waals surface area contributed by atoms with Crippen LogP contribution in [0.5, 0.6) is 0 Å². The molecule has 0 saturated carbocycles. The molecule has 1 amide bonds. The zero-order chi connectivity index (χ0) is 20.8. The zero-order valence-corrected chi connectivity index (χ0v) is 15.6. The molecule has 7 heteroatoms. The minimum absolute atomic E-state index is 0.0628. The third-order valence-electron chi connectivity index (χ3n) is 4.18. The Balaban J connectivity index is 1.58. The summed E-state index contributed by atoms with van der Waals surface area (Å²) in [6, 6.07) is 19.4. The van der Waals surface area contributed by atoms with Gasteiger partial charge in [-0.2, -0.15) is 0 Å². The van der Waals surface area contributed by atoms with Gasteiger partial charge in [0.15, 0.2) is 0 Å². The van der Waals surface area contributed by atoms with Crippen LogP contribution in [0.25, 0.3) is 0 Å². The van der Waals surface area contributed by atoms with Crippen molar-refractivity contribution < 1.29 is 19.2 Å². The number of nitro benzene ring substituents is 1. The molecule has 7 nitrogen and oxygen atoms in total. The van der Waals surface area contributed by atoms with Crippen molar-refractivity contribution in [3.63, 3.8) is 0 Å². The van der Waals surface area contributed by atoms with Crippen LogP contribution in [0.3, 0.4) is 0 Å². The third-order valence-corrected chi connectivity index (χ3v) is 4.18. The lowest BCUT2D eigenvalue weighted by Crippen LogP contribution is -2.12. The average Bonchev–Trinajstić information content (AvgIpc) is 2.73. The molecule has 0 aliphatic heterocycles. The van der Waals surface area contributed by atoms with E-state index in [1.807, 2.05) is 19.1 Å². The molecular weight excluding hydrogens is 372 g/mol. The number of hydrogen-bond acceptors (Lipinski definition) is 5. The Bertz CT molecular complexity index is 1040. The van der Waals surface area contributed by atoms with Crippen LogP contribution in [0.4, 0.5) is 11.4 Å². The first-order valence-electron chi connectivity index (χ1n) is 8.81. The molecule has 0 saturated heterocycles. The lowest BCUT2D eigenvalue weighted by molar-refractivity contribution is -0.384. The number of carbonyl (C=O) groups excluding carboxylic acids is 2. The standard InChI is InChI=1S/C22H18N2O5/c1-15-5-7-17(8-6-15)21(25)23-19-11-9-18(10-12-19)22(26)29-14-16-3-2-4-20(13-16)24(27)28/h2-13H,14H2,1H3,(H,23,25). The topological polar surface area (TPSA) is 98.5 Å². The van der Waals surface area contributed by atoms with Gasteiger partial charge < -0.3 is 10.1 Å². The van der Waals surface area contributed by atoms with Gasteiger partial charge in [0, 0.05) is 23.4 Å². The fourth-order valence-corrected chi connectivity index (χ4v) is 2.59. The summed E-state index contributed by atoms with van der Waals surface area (Å²) in [6.45, 7) is 1.87. The Morgan fingerprint density at radius 3 is 2.28 bits per heavy atom. The second-order valence-electron chi connectivity index (χ2n) is 6.40. The smallest absolute Gasteiger partial charge is 0.338 e. The summed E-state index contributed by atoms with van der Waals surface area (Å²) >= 11 is 0. The molecule has 3 aromatic carbocycles. The predicted molar refractivity (Wildman–Crippen MR) is 108 cm³/mol. The highest BCUT2D eigenvalue weighted by Gasteiger charge is 2.11. The normalized spacial score (nSPS) is 10.2. The Morgan fingerprint density at radius 1 is 0.966 bits per heavy atom. The van der Waals surface area contributed by atoms with E-state index in [1.165, 1.54) is 18.2 Å². The lowest BCUT2D eigenvalue weighted by Gasteiger charge is -2.08. The van der Waals surface area contributed by atoms with Crippen LogP contribution >= 0.6 is 0 Å². The number of esters is 1. The molecule has 0 bridgehead atoms. The van der Waals surface area contributed by atoms with E-state index >= 15 is 0 Å². The van der Waals surface area contributed by atoms with Crippen LogP contribution in [0.15, 0.2) is 72.8 Å². The molecule has 0 fully saturated rings.